The summed E-state index contributed by atoms with van der Waals surface area (Å²) in [6, 6.07) is 21.0. The van der Waals surface area contributed by atoms with Gasteiger partial charge < -0.3 is 5.11 Å². The van der Waals surface area contributed by atoms with Crippen LogP contribution in [0.2, 0.25) is 5.02 Å². The summed E-state index contributed by atoms with van der Waals surface area (Å²) in [5, 5.41) is 11.2. The number of hydrogen-bond acceptors (Lipinski definition) is 5. The van der Waals surface area contributed by atoms with Gasteiger partial charge in [0.25, 0.3) is 10.1 Å². The molecule has 5 nitrogen and oxygen atoms in total. The topological polar surface area (TPSA) is 76.0 Å². The van der Waals surface area contributed by atoms with Crippen LogP contribution >= 0.6 is 11.6 Å². The van der Waals surface area contributed by atoms with Gasteiger partial charge >= 0.3 is 0 Å². The van der Waals surface area contributed by atoms with Crippen LogP contribution in [0.4, 0.5) is 5.69 Å². The SMILES string of the molecule is CC(C)(O)c1ccccc1CCC(OS(C)(=O)=O)c1cccc(/C=C/C2=Nc3cc(Cl)ccc3CC=C2)c1. The average molecular weight is 550 g/mol. The van der Waals surface area contributed by atoms with Crippen LogP contribution in [0.15, 0.2) is 90.0 Å². The number of benzene rings is 3. The summed E-state index contributed by atoms with van der Waals surface area (Å²) in [5.41, 5.74) is 5.18. The zero-order chi connectivity index (χ0) is 27.3. The maximum atomic E-state index is 12.1. The fourth-order valence-corrected chi connectivity index (χ4v) is 5.33. The van der Waals surface area contributed by atoms with Crippen molar-refractivity contribution < 1.29 is 17.7 Å². The molecule has 7 heteroatoms. The number of halogens is 1. The molecule has 0 amide bonds. The number of aliphatic hydroxyl groups is 1. The van der Waals surface area contributed by atoms with Crippen molar-refractivity contribution in [3.05, 3.63) is 118 Å². The molecule has 3 aromatic carbocycles. The molecule has 0 aromatic heterocycles. The smallest absolute Gasteiger partial charge is 0.264 e. The van der Waals surface area contributed by atoms with Crippen molar-refractivity contribution in [2.75, 3.05) is 6.26 Å². The lowest BCUT2D eigenvalue weighted by molar-refractivity contribution is 0.0773. The number of fused-ring (bicyclic) bond motifs is 1. The van der Waals surface area contributed by atoms with Crippen LogP contribution in [-0.2, 0) is 32.7 Å². The first-order chi connectivity index (χ1) is 18.0. The molecule has 3 aromatic rings. The van der Waals surface area contributed by atoms with E-state index >= 15 is 0 Å². The Labute approximate surface area is 230 Å². The highest BCUT2D eigenvalue weighted by Crippen LogP contribution is 2.30. The number of aryl methyl sites for hydroxylation is 1. The van der Waals surface area contributed by atoms with E-state index in [1.165, 1.54) is 0 Å². The first kappa shape index (κ1) is 28.0. The number of allylic oxidation sites excluding steroid dienone is 3. The summed E-state index contributed by atoms with van der Waals surface area (Å²) < 4.78 is 29.8. The van der Waals surface area contributed by atoms with Gasteiger partial charge in [0.15, 0.2) is 0 Å². The predicted molar refractivity (Wildman–Crippen MR) is 156 cm³/mol. The second-order valence-corrected chi connectivity index (χ2v) is 12.0. The molecule has 38 heavy (non-hydrogen) atoms. The monoisotopic (exact) mass is 549 g/mol. The molecule has 1 aliphatic heterocycles. The summed E-state index contributed by atoms with van der Waals surface area (Å²) >= 11 is 6.16. The second kappa shape index (κ2) is 11.8. The molecule has 0 radical (unpaired) electrons. The van der Waals surface area contributed by atoms with Crippen molar-refractivity contribution in [3.63, 3.8) is 0 Å². The van der Waals surface area contributed by atoms with Gasteiger partial charge in [-0.3, -0.25) is 4.18 Å². The fraction of sp³-hybridized carbons (Fsp3) is 0.258. The summed E-state index contributed by atoms with van der Waals surface area (Å²) in [5.74, 6) is 0. The largest absolute Gasteiger partial charge is 0.386 e. The molecule has 1 N–H and O–H groups in total. The van der Waals surface area contributed by atoms with Crippen LogP contribution in [0.5, 0.6) is 0 Å². The third-order valence-electron chi connectivity index (χ3n) is 6.30. The van der Waals surface area contributed by atoms with Gasteiger partial charge in [-0.05, 0) is 91.3 Å². The Hall–Kier alpha value is -3.03. The molecule has 1 unspecified atom stereocenters. The number of nitrogens with zero attached hydrogens (tertiary/aromatic N) is 1. The van der Waals surface area contributed by atoms with Crippen LogP contribution < -0.4 is 0 Å². The van der Waals surface area contributed by atoms with E-state index in [4.69, 9.17) is 20.8 Å². The summed E-state index contributed by atoms with van der Waals surface area (Å²) in [7, 11) is -3.70. The highest BCUT2D eigenvalue weighted by molar-refractivity contribution is 7.86. The van der Waals surface area contributed by atoms with Crippen molar-refractivity contribution in [1.29, 1.82) is 0 Å². The lowest BCUT2D eigenvalue weighted by atomic mass is 9.90. The first-order valence-corrected chi connectivity index (χ1v) is 14.7. The number of hydrogen-bond donors (Lipinski definition) is 1. The van der Waals surface area contributed by atoms with E-state index in [9.17, 15) is 13.5 Å². The molecule has 0 aliphatic carbocycles. The standard InChI is InChI=1S/C31H32ClNO4S/c1-31(2,34)28-13-5-4-9-23(28)16-19-30(37-38(3,35)36)25-11-6-8-22(20-25)14-18-27-12-7-10-24-15-17-26(32)21-29(24)33-27/h4-9,11-15,17-18,20-21,30,34H,10,16,19H2,1-3H3/b18-14+. The predicted octanol–water partition coefficient (Wildman–Crippen LogP) is 7.12. The quantitative estimate of drug-likeness (QED) is 0.288. The molecule has 0 bridgehead atoms. The van der Waals surface area contributed by atoms with Crippen LogP contribution in [0.25, 0.3) is 6.08 Å². The Morgan fingerprint density at radius 3 is 2.63 bits per heavy atom. The van der Waals surface area contributed by atoms with Gasteiger partial charge in [0.2, 0.25) is 0 Å². The molecule has 1 heterocycles. The van der Waals surface area contributed by atoms with Gasteiger partial charge in [-0.2, -0.15) is 8.42 Å². The van der Waals surface area contributed by atoms with Crippen molar-refractivity contribution in [3.8, 4) is 0 Å². The van der Waals surface area contributed by atoms with E-state index in [1.807, 2.05) is 85.0 Å². The van der Waals surface area contributed by atoms with E-state index in [0.29, 0.717) is 17.9 Å². The van der Waals surface area contributed by atoms with Crippen LogP contribution in [-0.4, -0.2) is 25.5 Å². The summed E-state index contributed by atoms with van der Waals surface area (Å²) in [4.78, 5) is 4.75. The second-order valence-electron chi connectivity index (χ2n) is 9.96. The zero-order valence-corrected chi connectivity index (χ0v) is 23.3. The molecule has 1 aliphatic rings. The van der Waals surface area contributed by atoms with Gasteiger partial charge in [-0.25, -0.2) is 4.99 Å². The fourth-order valence-electron chi connectivity index (χ4n) is 4.54. The summed E-state index contributed by atoms with van der Waals surface area (Å²) in [6.45, 7) is 3.49. The van der Waals surface area contributed by atoms with E-state index in [1.54, 1.807) is 13.8 Å². The highest BCUT2D eigenvalue weighted by Gasteiger charge is 2.22. The minimum atomic E-state index is -3.70. The van der Waals surface area contributed by atoms with E-state index < -0.39 is 21.8 Å². The Balaban J connectivity index is 1.58. The van der Waals surface area contributed by atoms with Crippen LogP contribution in [0.3, 0.4) is 0 Å². The third-order valence-corrected chi connectivity index (χ3v) is 7.11. The molecule has 198 valence electrons. The molecule has 0 spiro atoms. The minimum Gasteiger partial charge on any atom is -0.386 e. The van der Waals surface area contributed by atoms with Crippen molar-refractivity contribution in [1.82, 2.24) is 0 Å². The Morgan fingerprint density at radius 1 is 1.08 bits per heavy atom. The van der Waals surface area contributed by atoms with Crippen LogP contribution in [0.1, 0.15) is 54.2 Å². The van der Waals surface area contributed by atoms with Crippen molar-refractivity contribution in [2.45, 2.75) is 44.8 Å². The average Bonchev–Trinajstić information content (AvgIpc) is 3.06. The molecular weight excluding hydrogens is 518 g/mol. The lowest BCUT2D eigenvalue weighted by Crippen LogP contribution is -2.18. The Morgan fingerprint density at radius 2 is 1.87 bits per heavy atom. The highest BCUT2D eigenvalue weighted by atomic mass is 35.5. The van der Waals surface area contributed by atoms with Crippen molar-refractivity contribution in [2.24, 2.45) is 4.99 Å². The lowest BCUT2D eigenvalue weighted by Gasteiger charge is -2.23. The van der Waals surface area contributed by atoms with Gasteiger partial charge in [0.1, 0.15) is 6.10 Å². The molecule has 0 saturated heterocycles. The van der Waals surface area contributed by atoms with E-state index in [-0.39, 0.29) is 0 Å². The molecule has 4 rings (SSSR count). The molecular formula is C31H32ClNO4S. The number of aliphatic imine (C=N–C) groups is 1. The number of rotatable bonds is 9. The third kappa shape index (κ3) is 7.74. The van der Waals surface area contributed by atoms with Crippen molar-refractivity contribution >= 4 is 39.2 Å². The maximum Gasteiger partial charge on any atom is 0.264 e. The molecule has 1 atom stereocenters. The maximum absolute atomic E-state index is 12.1. The van der Waals surface area contributed by atoms with Crippen LogP contribution in [0, 0.1) is 0 Å². The molecule has 0 saturated carbocycles. The first-order valence-electron chi connectivity index (χ1n) is 12.5. The minimum absolute atomic E-state index is 0.431. The Bertz CT molecular complexity index is 1500. The van der Waals surface area contributed by atoms with Gasteiger partial charge in [-0.15, -0.1) is 0 Å². The normalized spacial score (nSPS) is 14.7. The summed E-state index contributed by atoms with van der Waals surface area (Å²) in [6.07, 6.45) is 10.1. The molecule has 0 fully saturated rings. The zero-order valence-electron chi connectivity index (χ0n) is 21.8. The van der Waals surface area contributed by atoms with Gasteiger partial charge in [-0.1, -0.05) is 72.3 Å². The van der Waals surface area contributed by atoms with E-state index in [2.05, 4.69) is 6.08 Å². The van der Waals surface area contributed by atoms with Gasteiger partial charge in [0, 0.05) is 5.02 Å². The van der Waals surface area contributed by atoms with Gasteiger partial charge in [0.05, 0.1) is 23.3 Å². The van der Waals surface area contributed by atoms with E-state index in [0.717, 1.165) is 51.9 Å². The Kier molecular flexibility index (Phi) is 8.68.